The number of methoxy groups -OCH3 is 1. The van der Waals surface area contributed by atoms with E-state index in [4.69, 9.17) is 4.42 Å². The Morgan fingerprint density at radius 2 is 2.40 bits per heavy atom. The van der Waals surface area contributed by atoms with E-state index in [-0.39, 0.29) is 5.97 Å². The molecule has 0 radical (unpaired) electrons. The summed E-state index contributed by atoms with van der Waals surface area (Å²) in [4.78, 5) is 17.0. The van der Waals surface area contributed by atoms with Gasteiger partial charge in [0.05, 0.1) is 19.2 Å². The molecule has 0 aliphatic carbocycles. The normalized spacial score (nSPS) is 10.7. The van der Waals surface area contributed by atoms with Gasteiger partial charge < -0.3 is 9.15 Å². The molecule has 15 heavy (non-hydrogen) atoms. The topological polar surface area (TPSA) is 55.6 Å². The standard InChI is InChI=1S/C10H16N2O3/c1-8-9(11-7-15-8)6-12(2)5-4-10(13)14-3/h7H,4-6H2,1-3H3. The van der Waals surface area contributed by atoms with E-state index in [1.54, 1.807) is 0 Å². The molecule has 5 nitrogen and oxygen atoms in total. The highest BCUT2D eigenvalue weighted by atomic mass is 16.5. The third-order valence-electron chi connectivity index (χ3n) is 2.19. The number of ether oxygens (including phenoxy) is 1. The molecule has 0 aliphatic rings. The van der Waals surface area contributed by atoms with Crippen LogP contribution in [0.2, 0.25) is 0 Å². The molecule has 0 amide bonds. The lowest BCUT2D eigenvalue weighted by atomic mass is 10.3. The first-order valence-electron chi connectivity index (χ1n) is 4.77. The smallest absolute Gasteiger partial charge is 0.306 e. The second-order valence-corrected chi connectivity index (χ2v) is 3.42. The summed E-state index contributed by atoms with van der Waals surface area (Å²) in [5.41, 5.74) is 0.905. The second-order valence-electron chi connectivity index (χ2n) is 3.42. The minimum absolute atomic E-state index is 0.196. The van der Waals surface area contributed by atoms with Crippen molar-refractivity contribution in [1.29, 1.82) is 0 Å². The molecule has 0 saturated heterocycles. The third-order valence-corrected chi connectivity index (χ3v) is 2.19. The van der Waals surface area contributed by atoms with Crippen molar-refractivity contribution in [2.75, 3.05) is 20.7 Å². The van der Waals surface area contributed by atoms with Gasteiger partial charge in [0.1, 0.15) is 5.76 Å². The molecular formula is C10H16N2O3. The Balaban J connectivity index is 2.33. The van der Waals surface area contributed by atoms with Gasteiger partial charge in [0.15, 0.2) is 6.39 Å². The summed E-state index contributed by atoms with van der Waals surface area (Å²) in [6.07, 6.45) is 1.82. The Morgan fingerprint density at radius 1 is 1.67 bits per heavy atom. The number of hydrogen-bond donors (Lipinski definition) is 0. The SMILES string of the molecule is COC(=O)CCN(C)Cc1ncoc1C. The molecule has 1 rings (SSSR count). The molecule has 1 aromatic rings. The minimum atomic E-state index is -0.196. The summed E-state index contributed by atoms with van der Waals surface area (Å²) >= 11 is 0. The first kappa shape index (κ1) is 11.7. The second kappa shape index (κ2) is 5.50. The fraction of sp³-hybridized carbons (Fsp3) is 0.600. The van der Waals surface area contributed by atoms with Gasteiger partial charge in [0.25, 0.3) is 0 Å². The molecule has 0 saturated carbocycles. The molecule has 0 aliphatic heterocycles. The predicted octanol–water partition coefficient (Wildman–Crippen LogP) is 0.978. The predicted molar refractivity (Wildman–Crippen MR) is 54.2 cm³/mol. The molecule has 0 aromatic carbocycles. The Bertz CT molecular complexity index is 322. The molecule has 84 valence electrons. The molecule has 0 spiro atoms. The van der Waals surface area contributed by atoms with Gasteiger partial charge in [-0.1, -0.05) is 0 Å². The maximum Gasteiger partial charge on any atom is 0.306 e. The van der Waals surface area contributed by atoms with Crippen molar-refractivity contribution in [2.45, 2.75) is 19.9 Å². The summed E-state index contributed by atoms with van der Waals surface area (Å²) in [6.45, 7) is 3.20. The van der Waals surface area contributed by atoms with Gasteiger partial charge in [-0.15, -0.1) is 0 Å². The van der Waals surface area contributed by atoms with Gasteiger partial charge in [-0.25, -0.2) is 4.98 Å². The number of nitrogens with zero attached hydrogens (tertiary/aromatic N) is 2. The van der Waals surface area contributed by atoms with Crippen LogP contribution in [0, 0.1) is 6.92 Å². The molecule has 0 atom stereocenters. The van der Waals surface area contributed by atoms with Gasteiger partial charge in [0.2, 0.25) is 0 Å². The fourth-order valence-electron chi connectivity index (χ4n) is 1.20. The number of carbonyl (C=O) groups excluding carboxylic acids is 1. The van der Waals surface area contributed by atoms with E-state index >= 15 is 0 Å². The largest absolute Gasteiger partial charge is 0.469 e. The van der Waals surface area contributed by atoms with Crippen LogP contribution in [0.5, 0.6) is 0 Å². The van der Waals surface area contributed by atoms with Crippen LogP contribution < -0.4 is 0 Å². The molecule has 0 N–H and O–H groups in total. The lowest BCUT2D eigenvalue weighted by Crippen LogP contribution is -2.22. The molecule has 0 bridgehead atoms. The van der Waals surface area contributed by atoms with Crippen LogP contribution in [-0.4, -0.2) is 36.6 Å². The molecule has 0 fully saturated rings. The number of oxazole rings is 1. The van der Waals surface area contributed by atoms with Crippen molar-refractivity contribution < 1.29 is 13.9 Å². The number of esters is 1. The van der Waals surface area contributed by atoms with E-state index in [0.717, 1.165) is 11.5 Å². The quantitative estimate of drug-likeness (QED) is 0.681. The zero-order chi connectivity index (χ0) is 11.3. The molecule has 1 aromatic heterocycles. The Kier molecular flexibility index (Phi) is 4.30. The van der Waals surface area contributed by atoms with E-state index in [1.165, 1.54) is 13.5 Å². The summed E-state index contributed by atoms with van der Waals surface area (Å²) < 4.78 is 9.64. The summed E-state index contributed by atoms with van der Waals surface area (Å²) in [6, 6.07) is 0. The Hall–Kier alpha value is -1.36. The van der Waals surface area contributed by atoms with Crippen molar-refractivity contribution >= 4 is 5.97 Å². The lowest BCUT2D eigenvalue weighted by Gasteiger charge is -2.14. The van der Waals surface area contributed by atoms with Crippen LogP contribution in [0.1, 0.15) is 17.9 Å². The highest BCUT2D eigenvalue weighted by Gasteiger charge is 2.08. The maximum absolute atomic E-state index is 10.9. The zero-order valence-electron chi connectivity index (χ0n) is 9.32. The van der Waals surface area contributed by atoms with E-state index < -0.39 is 0 Å². The Morgan fingerprint density at radius 3 is 2.93 bits per heavy atom. The zero-order valence-corrected chi connectivity index (χ0v) is 9.32. The number of rotatable bonds is 5. The first-order chi connectivity index (χ1) is 7.13. The number of aryl methyl sites for hydroxylation is 1. The van der Waals surface area contributed by atoms with Crippen LogP contribution in [0.4, 0.5) is 0 Å². The van der Waals surface area contributed by atoms with Crippen LogP contribution in [0.25, 0.3) is 0 Å². The fourth-order valence-corrected chi connectivity index (χ4v) is 1.20. The molecule has 0 unspecified atom stereocenters. The van der Waals surface area contributed by atoms with Gasteiger partial charge in [-0.2, -0.15) is 0 Å². The number of carbonyl (C=O) groups is 1. The summed E-state index contributed by atoms with van der Waals surface area (Å²) in [5.74, 6) is 0.624. The van der Waals surface area contributed by atoms with Crippen molar-refractivity contribution in [3.63, 3.8) is 0 Å². The van der Waals surface area contributed by atoms with Gasteiger partial charge >= 0.3 is 5.97 Å². The third kappa shape index (κ3) is 3.71. The average Bonchev–Trinajstić information content (AvgIpc) is 2.61. The average molecular weight is 212 g/mol. The van der Waals surface area contributed by atoms with Crippen molar-refractivity contribution in [2.24, 2.45) is 0 Å². The van der Waals surface area contributed by atoms with Crippen LogP contribution in [-0.2, 0) is 16.1 Å². The molecule has 5 heteroatoms. The summed E-state index contributed by atoms with van der Waals surface area (Å²) in [7, 11) is 3.32. The van der Waals surface area contributed by atoms with Crippen molar-refractivity contribution in [3.8, 4) is 0 Å². The van der Waals surface area contributed by atoms with Crippen LogP contribution in [0.15, 0.2) is 10.8 Å². The lowest BCUT2D eigenvalue weighted by molar-refractivity contribution is -0.140. The van der Waals surface area contributed by atoms with E-state index in [1.807, 2.05) is 18.9 Å². The van der Waals surface area contributed by atoms with Crippen LogP contribution >= 0.6 is 0 Å². The van der Waals surface area contributed by atoms with Gasteiger partial charge in [0, 0.05) is 13.1 Å². The first-order valence-corrected chi connectivity index (χ1v) is 4.77. The maximum atomic E-state index is 10.9. The number of hydrogen-bond acceptors (Lipinski definition) is 5. The molecule has 1 heterocycles. The van der Waals surface area contributed by atoms with E-state index in [2.05, 4.69) is 9.72 Å². The van der Waals surface area contributed by atoms with Gasteiger partial charge in [-0.05, 0) is 14.0 Å². The monoisotopic (exact) mass is 212 g/mol. The van der Waals surface area contributed by atoms with E-state index in [0.29, 0.717) is 19.5 Å². The highest BCUT2D eigenvalue weighted by Crippen LogP contribution is 2.07. The summed E-state index contributed by atoms with van der Waals surface area (Å²) in [5, 5.41) is 0. The minimum Gasteiger partial charge on any atom is -0.469 e. The highest BCUT2D eigenvalue weighted by molar-refractivity contribution is 5.69. The number of aromatic nitrogens is 1. The van der Waals surface area contributed by atoms with E-state index in [9.17, 15) is 4.79 Å². The van der Waals surface area contributed by atoms with Crippen molar-refractivity contribution in [3.05, 3.63) is 17.8 Å². The van der Waals surface area contributed by atoms with Gasteiger partial charge in [-0.3, -0.25) is 9.69 Å². The molecular weight excluding hydrogens is 196 g/mol. The van der Waals surface area contributed by atoms with Crippen molar-refractivity contribution in [1.82, 2.24) is 9.88 Å². The Labute approximate surface area is 89.0 Å². The van der Waals surface area contributed by atoms with Crippen LogP contribution in [0.3, 0.4) is 0 Å².